The van der Waals surface area contributed by atoms with E-state index in [9.17, 15) is 4.79 Å². The minimum Gasteiger partial charge on any atom is -0.355 e. The molecule has 1 aliphatic carbocycles. The number of nitrogens with one attached hydrogen (secondary N) is 1. The van der Waals surface area contributed by atoms with Crippen LogP contribution in [0.5, 0.6) is 0 Å². The van der Waals surface area contributed by atoms with Crippen LogP contribution in [0.4, 0.5) is 0 Å². The number of nitrogens with zero attached hydrogens (tertiary/aromatic N) is 1. The minimum absolute atomic E-state index is 0.272. The molecule has 3 rings (SSSR count). The van der Waals surface area contributed by atoms with E-state index < -0.39 is 0 Å². The molecular formula is C18H26N2O. The van der Waals surface area contributed by atoms with Crippen molar-refractivity contribution >= 4 is 5.91 Å². The molecule has 0 unspecified atom stereocenters. The standard InChI is InChI=1S/C18H26N2O/c21-18(17-6-7-17)19-10-13-20-11-8-16(9-12-20)14-15-4-2-1-3-5-15/h1-5,16-17H,6-14H2,(H,19,21). The number of hydrogen-bond donors (Lipinski definition) is 1. The Morgan fingerprint density at radius 2 is 1.81 bits per heavy atom. The first-order chi connectivity index (χ1) is 10.3. The molecule has 2 aliphatic rings. The molecule has 0 bridgehead atoms. The van der Waals surface area contributed by atoms with Crippen LogP contribution in [-0.2, 0) is 11.2 Å². The highest BCUT2D eigenvalue weighted by atomic mass is 16.2. The topological polar surface area (TPSA) is 32.3 Å². The maximum Gasteiger partial charge on any atom is 0.223 e. The van der Waals surface area contributed by atoms with Gasteiger partial charge in [0.1, 0.15) is 0 Å². The van der Waals surface area contributed by atoms with Crippen LogP contribution in [0.1, 0.15) is 31.2 Å². The summed E-state index contributed by atoms with van der Waals surface area (Å²) in [6.45, 7) is 4.18. The van der Waals surface area contributed by atoms with Crippen LogP contribution in [0.2, 0.25) is 0 Å². The van der Waals surface area contributed by atoms with Crippen LogP contribution >= 0.6 is 0 Å². The second-order valence-electron chi connectivity index (χ2n) is 6.54. The maximum absolute atomic E-state index is 11.6. The molecule has 21 heavy (non-hydrogen) atoms. The predicted molar refractivity (Wildman–Crippen MR) is 85.0 cm³/mol. The van der Waals surface area contributed by atoms with E-state index >= 15 is 0 Å². The molecule has 1 N–H and O–H groups in total. The van der Waals surface area contributed by atoms with Crippen molar-refractivity contribution in [1.29, 1.82) is 0 Å². The summed E-state index contributed by atoms with van der Waals surface area (Å²) in [6, 6.07) is 10.8. The van der Waals surface area contributed by atoms with E-state index in [0.717, 1.165) is 31.8 Å². The molecule has 0 radical (unpaired) electrons. The number of benzene rings is 1. The summed E-state index contributed by atoms with van der Waals surface area (Å²) in [4.78, 5) is 14.1. The molecule has 1 amide bonds. The zero-order chi connectivity index (χ0) is 14.5. The normalized spacial score (nSPS) is 20.4. The first-order valence-corrected chi connectivity index (χ1v) is 8.35. The lowest BCUT2D eigenvalue weighted by Gasteiger charge is -2.32. The molecule has 0 atom stereocenters. The molecule has 3 heteroatoms. The summed E-state index contributed by atoms with van der Waals surface area (Å²) in [6.07, 6.45) is 5.97. The number of hydrogen-bond acceptors (Lipinski definition) is 2. The van der Waals surface area contributed by atoms with Crippen molar-refractivity contribution in [2.45, 2.75) is 32.1 Å². The summed E-state index contributed by atoms with van der Waals surface area (Å²) in [7, 11) is 0. The molecule has 1 saturated carbocycles. The van der Waals surface area contributed by atoms with E-state index in [-0.39, 0.29) is 5.91 Å². The largest absolute Gasteiger partial charge is 0.355 e. The van der Waals surface area contributed by atoms with Crippen LogP contribution in [0.15, 0.2) is 30.3 Å². The number of carbonyl (C=O) groups is 1. The average molecular weight is 286 g/mol. The molecular weight excluding hydrogens is 260 g/mol. The van der Waals surface area contributed by atoms with Gasteiger partial charge in [-0.1, -0.05) is 30.3 Å². The Hall–Kier alpha value is -1.35. The van der Waals surface area contributed by atoms with E-state index in [1.165, 1.54) is 37.9 Å². The van der Waals surface area contributed by atoms with Crippen LogP contribution in [0.25, 0.3) is 0 Å². The second kappa shape index (κ2) is 7.08. The van der Waals surface area contributed by atoms with Gasteiger partial charge in [-0.05, 0) is 56.7 Å². The highest BCUT2D eigenvalue weighted by Crippen LogP contribution is 2.28. The fourth-order valence-electron chi connectivity index (χ4n) is 3.19. The smallest absolute Gasteiger partial charge is 0.223 e. The van der Waals surface area contributed by atoms with Gasteiger partial charge in [0, 0.05) is 19.0 Å². The third kappa shape index (κ3) is 4.57. The lowest BCUT2D eigenvalue weighted by molar-refractivity contribution is -0.122. The number of likely N-dealkylation sites (tertiary alicyclic amines) is 1. The Kier molecular flexibility index (Phi) is 4.91. The second-order valence-corrected chi connectivity index (χ2v) is 6.54. The Labute approximate surface area is 127 Å². The summed E-state index contributed by atoms with van der Waals surface area (Å²) in [5, 5.41) is 3.06. The predicted octanol–water partition coefficient (Wildman–Crippen LogP) is 2.47. The van der Waals surface area contributed by atoms with Crippen LogP contribution < -0.4 is 5.32 Å². The third-order valence-electron chi connectivity index (χ3n) is 4.75. The number of rotatable bonds is 6. The molecule has 2 fully saturated rings. The van der Waals surface area contributed by atoms with Gasteiger partial charge in [-0.15, -0.1) is 0 Å². The SMILES string of the molecule is O=C(NCCN1CCC(Cc2ccccc2)CC1)C1CC1. The third-order valence-corrected chi connectivity index (χ3v) is 4.75. The average Bonchev–Trinajstić information content (AvgIpc) is 3.35. The number of piperidine rings is 1. The summed E-state index contributed by atoms with van der Waals surface area (Å²) < 4.78 is 0. The molecule has 1 heterocycles. The monoisotopic (exact) mass is 286 g/mol. The first kappa shape index (κ1) is 14.6. The van der Waals surface area contributed by atoms with Crippen molar-refractivity contribution in [2.75, 3.05) is 26.2 Å². The Morgan fingerprint density at radius 1 is 1.10 bits per heavy atom. The molecule has 1 saturated heterocycles. The van der Waals surface area contributed by atoms with Crippen molar-refractivity contribution in [2.24, 2.45) is 11.8 Å². The molecule has 1 aromatic rings. The van der Waals surface area contributed by atoms with E-state index in [1.54, 1.807) is 0 Å². The van der Waals surface area contributed by atoms with E-state index in [1.807, 2.05) is 0 Å². The van der Waals surface area contributed by atoms with Gasteiger partial charge in [0.2, 0.25) is 5.91 Å². The summed E-state index contributed by atoms with van der Waals surface area (Å²) in [5.74, 6) is 1.43. The van der Waals surface area contributed by atoms with Crippen LogP contribution in [0, 0.1) is 11.8 Å². The van der Waals surface area contributed by atoms with E-state index in [4.69, 9.17) is 0 Å². The van der Waals surface area contributed by atoms with Crippen molar-refractivity contribution in [3.8, 4) is 0 Å². The van der Waals surface area contributed by atoms with Gasteiger partial charge in [-0.3, -0.25) is 4.79 Å². The number of carbonyl (C=O) groups excluding carboxylic acids is 1. The van der Waals surface area contributed by atoms with Gasteiger partial charge >= 0.3 is 0 Å². The molecule has 114 valence electrons. The molecule has 3 nitrogen and oxygen atoms in total. The van der Waals surface area contributed by atoms with Gasteiger partial charge in [-0.25, -0.2) is 0 Å². The van der Waals surface area contributed by atoms with Gasteiger partial charge < -0.3 is 10.2 Å². The lowest BCUT2D eigenvalue weighted by atomic mass is 9.90. The van der Waals surface area contributed by atoms with Crippen LogP contribution in [-0.4, -0.2) is 37.0 Å². The van der Waals surface area contributed by atoms with Gasteiger partial charge in [0.15, 0.2) is 0 Å². The zero-order valence-corrected chi connectivity index (χ0v) is 12.8. The number of amides is 1. The molecule has 1 aromatic carbocycles. The van der Waals surface area contributed by atoms with Crippen molar-refractivity contribution in [3.63, 3.8) is 0 Å². The minimum atomic E-state index is 0.272. The fraction of sp³-hybridized carbons (Fsp3) is 0.611. The molecule has 0 spiro atoms. The molecule has 1 aliphatic heterocycles. The lowest BCUT2D eigenvalue weighted by Crippen LogP contribution is -2.40. The van der Waals surface area contributed by atoms with Crippen molar-refractivity contribution < 1.29 is 4.79 Å². The summed E-state index contributed by atoms with van der Waals surface area (Å²) >= 11 is 0. The van der Waals surface area contributed by atoms with Gasteiger partial charge in [0.05, 0.1) is 0 Å². The fourth-order valence-corrected chi connectivity index (χ4v) is 3.19. The highest BCUT2D eigenvalue weighted by molar-refractivity contribution is 5.80. The maximum atomic E-state index is 11.6. The van der Waals surface area contributed by atoms with Gasteiger partial charge in [-0.2, -0.15) is 0 Å². The molecule has 0 aromatic heterocycles. The van der Waals surface area contributed by atoms with E-state index in [0.29, 0.717) is 5.92 Å². The summed E-state index contributed by atoms with van der Waals surface area (Å²) in [5.41, 5.74) is 1.47. The van der Waals surface area contributed by atoms with Crippen LogP contribution in [0.3, 0.4) is 0 Å². The van der Waals surface area contributed by atoms with E-state index in [2.05, 4.69) is 40.5 Å². The Balaban J connectivity index is 1.32. The van der Waals surface area contributed by atoms with Gasteiger partial charge in [0.25, 0.3) is 0 Å². The van der Waals surface area contributed by atoms with Crippen molar-refractivity contribution in [1.82, 2.24) is 10.2 Å². The zero-order valence-electron chi connectivity index (χ0n) is 12.8. The van der Waals surface area contributed by atoms with Crippen molar-refractivity contribution in [3.05, 3.63) is 35.9 Å². The highest BCUT2D eigenvalue weighted by Gasteiger charge is 2.29. The quantitative estimate of drug-likeness (QED) is 0.871. The Bertz CT molecular complexity index is 448. The first-order valence-electron chi connectivity index (χ1n) is 8.35. The Morgan fingerprint density at radius 3 is 2.48 bits per heavy atom.